The van der Waals surface area contributed by atoms with Gasteiger partial charge >= 0.3 is 0 Å². The predicted octanol–water partition coefficient (Wildman–Crippen LogP) is 3.25. The van der Waals surface area contributed by atoms with Crippen LogP contribution in [0.4, 0.5) is 0 Å². The monoisotopic (exact) mass is 284 g/mol. The first-order chi connectivity index (χ1) is 8.74. The Morgan fingerprint density at radius 3 is 2.37 bits per heavy atom. The zero-order chi connectivity index (χ0) is 14.9. The molecule has 0 heterocycles. The van der Waals surface area contributed by atoms with E-state index in [9.17, 15) is 4.79 Å². The molecule has 0 aliphatic heterocycles. The molecule has 19 heavy (non-hydrogen) atoms. The van der Waals surface area contributed by atoms with Crippen LogP contribution in [0.5, 0.6) is 0 Å². The summed E-state index contributed by atoms with van der Waals surface area (Å²) in [5, 5.41) is 0. The molecule has 0 fully saturated rings. The summed E-state index contributed by atoms with van der Waals surface area (Å²) < 4.78 is 10.8. The molecule has 0 N–H and O–H groups in total. The summed E-state index contributed by atoms with van der Waals surface area (Å²) >= 11 is 0. The first-order valence-electron chi connectivity index (χ1n) is 7.03. The smallest absolute Gasteiger partial charge is 0.204 e. The lowest BCUT2D eigenvalue weighted by atomic mass is 10.1. The normalized spacial score (nSPS) is 14.4. The number of ether oxygens (including phenoxy) is 2. The van der Waals surface area contributed by atoms with Crippen LogP contribution in [-0.2, 0) is 14.3 Å². The molecule has 0 bridgehead atoms. The molecule has 0 amide bonds. The van der Waals surface area contributed by atoms with E-state index in [2.05, 4.69) is 38.0 Å². The van der Waals surface area contributed by atoms with E-state index in [1.54, 1.807) is 0 Å². The summed E-state index contributed by atoms with van der Waals surface area (Å²) in [6, 6.07) is 0. The van der Waals surface area contributed by atoms with Crippen molar-refractivity contribution in [2.75, 3.05) is 13.2 Å². The predicted molar refractivity (Wildman–Crippen MR) is 81.6 cm³/mol. The first-order valence-corrected chi connectivity index (χ1v) is 10.5. The molecule has 0 aromatic rings. The van der Waals surface area contributed by atoms with Crippen molar-refractivity contribution in [1.29, 1.82) is 0 Å². The standard InChI is InChI=1S/C15H28O3Si/c1-7-17-14(3)18-12-13(2)8-9-15(16)10-11-19(4,5)6/h13-14H,7-9,12H2,1-6H3/t13-,14?/m0/s1. The lowest BCUT2D eigenvalue weighted by molar-refractivity contribution is -0.134. The van der Waals surface area contributed by atoms with Crippen LogP contribution in [0.25, 0.3) is 0 Å². The van der Waals surface area contributed by atoms with E-state index in [0.29, 0.717) is 25.6 Å². The fourth-order valence-corrected chi connectivity index (χ4v) is 1.88. The molecule has 0 rings (SSSR count). The van der Waals surface area contributed by atoms with Crippen molar-refractivity contribution in [3.05, 3.63) is 0 Å². The van der Waals surface area contributed by atoms with Crippen molar-refractivity contribution in [2.45, 2.75) is 59.5 Å². The third-order valence-corrected chi connectivity index (χ3v) is 3.33. The molecular formula is C15H28O3Si. The zero-order valence-electron chi connectivity index (χ0n) is 13.2. The van der Waals surface area contributed by atoms with Gasteiger partial charge in [0.1, 0.15) is 8.07 Å². The number of ketones is 1. The minimum absolute atomic E-state index is 0.0483. The van der Waals surface area contributed by atoms with E-state index in [1.807, 2.05) is 13.8 Å². The van der Waals surface area contributed by atoms with Crippen LogP contribution in [0.1, 0.15) is 33.6 Å². The molecule has 0 aromatic heterocycles. The maximum absolute atomic E-state index is 11.6. The molecule has 1 unspecified atom stereocenters. The average molecular weight is 284 g/mol. The van der Waals surface area contributed by atoms with Gasteiger partial charge < -0.3 is 9.47 Å². The van der Waals surface area contributed by atoms with Crippen LogP contribution < -0.4 is 0 Å². The Morgan fingerprint density at radius 1 is 1.21 bits per heavy atom. The highest BCUT2D eigenvalue weighted by Gasteiger charge is 2.10. The molecule has 0 saturated carbocycles. The van der Waals surface area contributed by atoms with Gasteiger partial charge in [-0.15, -0.1) is 5.54 Å². The summed E-state index contributed by atoms with van der Waals surface area (Å²) in [6.07, 6.45) is 1.16. The Labute approximate surface area is 119 Å². The molecule has 4 heteroatoms. The van der Waals surface area contributed by atoms with Crippen LogP contribution >= 0.6 is 0 Å². The molecule has 2 atom stereocenters. The summed E-state index contributed by atoms with van der Waals surface area (Å²) in [6.45, 7) is 13.6. The lowest BCUT2D eigenvalue weighted by Gasteiger charge is -2.16. The molecule has 0 aromatic carbocycles. The number of Topliss-reactive ketones (excluding diaryl/α,β-unsaturated/α-hetero) is 1. The molecule has 0 aliphatic carbocycles. The third kappa shape index (κ3) is 12.2. The fourth-order valence-electron chi connectivity index (χ4n) is 1.36. The maximum atomic E-state index is 11.6. The number of hydrogen-bond donors (Lipinski definition) is 0. The highest BCUT2D eigenvalue weighted by molar-refractivity contribution is 6.84. The molecule has 110 valence electrons. The van der Waals surface area contributed by atoms with Crippen molar-refractivity contribution in [3.8, 4) is 11.5 Å². The van der Waals surface area contributed by atoms with Crippen LogP contribution in [-0.4, -0.2) is 33.4 Å². The Morgan fingerprint density at radius 2 is 1.84 bits per heavy atom. The van der Waals surface area contributed by atoms with Gasteiger partial charge in [0, 0.05) is 13.0 Å². The van der Waals surface area contributed by atoms with Crippen molar-refractivity contribution in [1.82, 2.24) is 0 Å². The van der Waals surface area contributed by atoms with Crippen molar-refractivity contribution < 1.29 is 14.3 Å². The Kier molecular flexibility index (Phi) is 8.99. The zero-order valence-corrected chi connectivity index (χ0v) is 14.2. The highest BCUT2D eigenvalue weighted by Crippen LogP contribution is 2.08. The van der Waals surface area contributed by atoms with Gasteiger partial charge in [-0.05, 0) is 32.1 Å². The third-order valence-electron chi connectivity index (χ3n) is 2.46. The van der Waals surface area contributed by atoms with E-state index in [0.717, 1.165) is 6.42 Å². The van der Waals surface area contributed by atoms with E-state index in [-0.39, 0.29) is 12.1 Å². The van der Waals surface area contributed by atoms with Gasteiger partial charge in [0.05, 0.1) is 6.61 Å². The molecule has 0 saturated heterocycles. The van der Waals surface area contributed by atoms with Gasteiger partial charge in [-0.3, -0.25) is 4.79 Å². The second-order valence-electron chi connectivity index (χ2n) is 5.92. The van der Waals surface area contributed by atoms with E-state index >= 15 is 0 Å². The Hall–Kier alpha value is -0.633. The van der Waals surface area contributed by atoms with Gasteiger partial charge in [0.2, 0.25) is 5.78 Å². The maximum Gasteiger partial charge on any atom is 0.204 e. The van der Waals surface area contributed by atoms with Crippen molar-refractivity contribution >= 4 is 13.9 Å². The largest absolute Gasteiger partial charge is 0.353 e. The van der Waals surface area contributed by atoms with Crippen LogP contribution in [0.2, 0.25) is 19.6 Å². The van der Waals surface area contributed by atoms with Crippen molar-refractivity contribution in [3.63, 3.8) is 0 Å². The Bertz CT molecular complexity index is 323. The van der Waals surface area contributed by atoms with E-state index in [4.69, 9.17) is 9.47 Å². The molecular weight excluding hydrogens is 256 g/mol. The summed E-state index contributed by atoms with van der Waals surface area (Å²) in [7, 11) is -1.44. The Balaban J connectivity index is 3.86. The summed E-state index contributed by atoms with van der Waals surface area (Å²) in [5.41, 5.74) is 3.10. The molecule has 3 nitrogen and oxygen atoms in total. The lowest BCUT2D eigenvalue weighted by Crippen LogP contribution is -2.18. The van der Waals surface area contributed by atoms with Gasteiger partial charge in [0.15, 0.2) is 6.29 Å². The quantitative estimate of drug-likeness (QED) is 0.390. The van der Waals surface area contributed by atoms with Gasteiger partial charge in [-0.1, -0.05) is 26.6 Å². The van der Waals surface area contributed by atoms with Crippen LogP contribution in [0.3, 0.4) is 0 Å². The number of hydrogen-bond acceptors (Lipinski definition) is 3. The summed E-state index contributed by atoms with van der Waals surface area (Å²) in [5.74, 6) is 3.17. The van der Waals surface area contributed by atoms with Crippen LogP contribution in [0.15, 0.2) is 0 Å². The van der Waals surface area contributed by atoms with Gasteiger partial charge in [-0.2, -0.15) is 0 Å². The fraction of sp³-hybridized carbons (Fsp3) is 0.800. The van der Waals surface area contributed by atoms with E-state index in [1.165, 1.54) is 0 Å². The second-order valence-corrected chi connectivity index (χ2v) is 10.7. The van der Waals surface area contributed by atoms with E-state index < -0.39 is 8.07 Å². The molecule has 0 aliphatic rings. The van der Waals surface area contributed by atoms with Crippen molar-refractivity contribution in [2.24, 2.45) is 5.92 Å². The highest BCUT2D eigenvalue weighted by atomic mass is 28.3. The number of carbonyl (C=O) groups is 1. The van der Waals surface area contributed by atoms with Crippen LogP contribution in [0, 0.1) is 17.4 Å². The van der Waals surface area contributed by atoms with Gasteiger partial charge in [0.25, 0.3) is 0 Å². The average Bonchev–Trinajstić information content (AvgIpc) is 2.30. The topological polar surface area (TPSA) is 35.5 Å². The molecule has 0 spiro atoms. The number of rotatable bonds is 8. The van der Waals surface area contributed by atoms with Gasteiger partial charge in [-0.25, -0.2) is 0 Å². The second kappa shape index (κ2) is 9.30. The summed E-state index contributed by atoms with van der Waals surface area (Å²) in [4.78, 5) is 11.6. The number of carbonyl (C=O) groups excluding carboxylic acids is 1. The minimum Gasteiger partial charge on any atom is -0.353 e. The molecule has 0 radical (unpaired) electrons. The SMILES string of the molecule is CCOC(C)OC[C@@H](C)CCC(=O)C#C[Si](C)(C)C. The minimum atomic E-state index is -1.44. The first kappa shape index (κ1) is 18.4.